The van der Waals surface area contributed by atoms with Crippen molar-refractivity contribution in [2.75, 3.05) is 22.6 Å². The van der Waals surface area contributed by atoms with Crippen LogP contribution in [0.25, 0.3) is 0 Å². The normalized spacial score (nSPS) is 15.6. The fourth-order valence-corrected chi connectivity index (χ4v) is 3.75. The molecule has 0 aromatic carbocycles. The molecule has 34 heavy (non-hydrogen) atoms. The highest BCUT2D eigenvalue weighted by molar-refractivity contribution is 7.59. The number of rotatable bonds is 6. The third-order valence-corrected chi connectivity index (χ3v) is 5.54. The van der Waals surface area contributed by atoms with Crippen LogP contribution < -0.4 is 15.5 Å². The summed E-state index contributed by atoms with van der Waals surface area (Å²) in [6, 6.07) is 0.713. The fraction of sp³-hybridized carbons (Fsp3) is 0.450. The first-order chi connectivity index (χ1) is 15.6. The van der Waals surface area contributed by atoms with Gasteiger partial charge in [-0.1, -0.05) is 6.92 Å². The van der Waals surface area contributed by atoms with Crippen LogP contribution in [0.2, 0.25) is 0 Å². The molecule has 0 spiro atoms. The molecule has 184 valence electrons. The third-order valence-electron chi connectivity index (χ3n) is 5.54. The van der Waals surface area contributed by atoms with Gasteiger partial charge in [-0.25, -0.2) is 4.98 Å². The van der Waals surface area contributed by atoms with Crippen LogP contribution in [0.5, 0.6) is 0 Å². The quantitative estimate of drug-likeness (QED) is 0.539. The maximum atomic E-state index is 12.9. The first-order valence-corrected chi connectivity index (χ1v) is 10.3. The Kier molecular flexibility index (Phi) is 7.10. The summed E-state index contributed by atoms with van der Waals surface area (Å²) in [7, 11) is 3.30. The highest BCUT2D eigenvalue weighted by Gasteiger charge is 2.34. The number of nitrogens with zero attached hydrogens (tertiary/aromatic N) is 7. The topological polar surface area (TPSA) is 106 Å². The Labute approximate surface area is 201 Å². The number of nitrogens with one attached hydrogen (secondary N) is 2. The van der Waals surface area contributed by atoms with Crippen molar-refractivity contribution in [3.05, 3.63) is 41.1 Å². The van der Waals surface area contributed by atoms with Crippen LogP contribution >= 0.6 is 13.5 Å². The lowest BCUT2D eigenvalue weighted by molar-refractivity contribution is -0.141. The van der Waals surface area contributed by atoms with E-state index in [9.17, 15) is 18.0 Å². The minimum absolute atomic E-state index is 0. The number of carbonyl (C=O) groups is 1. The van der Waals surface area contributed by atoms with Gasteiger partial charge in [0, 0.05) is 32.4 Å². The predicted molar refractivity (Wildman–Crippen MR) is 125 cm³/mol. The van der Waals surface area contributed by atoms with Gasteiger partial charge in [-0.2, -0.15) is 41.8 Å². The predicted octanol–water partition coefficient (Wildman–Crippen LogP) is 2.67. The van der Waals surface area contributed by atoms with Crippen molar-refractivity contribution in [2.24, 2.45) is 7.05 Å². The smallest absolute Gasteiger partial charge is 0.350 e. The zero-order chi connectivity index (χ0) is 23.9. The van der Waals surface area contributed by atoms with E-state index < -0.39 is 11.9 Å². The molecule has 1 aliphatic heterocycles. The molecule has 0 saturated heterocycles. The fourth-order valence-electron chi connectivity index (χ4n) is 3.75. The molecule has 0 saturated carbocycles. The second-order valence-electron chi connectivity index (χ2n) is 7.90. The third kappa shape index (κ3) is 4.95. The lowest BCUT2D eigenvalue weighted by Crippen LogP contribution is -2.46. The molecule has 4 heterocycles. The van der Waals surface area contributed by atoms with Crippen LogP contribution in [-0.4, -0.2) is 48.5 Å². The van der Waals surface area contributed by atoms with Crippen molar-refractivity contribution < 1.29 is 18.0 Å². The van der Waals surface area contributed by atoms with Crippen molar-refractivity contribution in [2.45, 2.75) is 45.6 Å². The number of halogens is 3. The Balaban J connectivity index is 0.00000324. The summed E-state index contributed by atoms with van der Waals surface area (Å²) in [6.07, 6.45) is -0.485. The van der Waals surface area contributed by atoms with E-state index in [2.05, 4.69) is 30.8 Å². The minimum atomic E-state index is -4.49. The van der Waals surface area contributed by atoms with Crippen LogP contribution in [-0.2, 0) is 31.1 Å². The highest BCUT2D eigenvalue weighted by Crippen LogP contribution is 2.33. The van der Waals surface area contributed by atoms with Crippen LogP contribution in [0.3, 0.4) is 0 Å². The number of carbonyl (C=O) groups excluding carboxylic acids is 1. The molecule has 0 fully saturated rings. The van der Waals surface area contributed by atoms with E-state index in [1.54, 1.807) is 24.0 Å². The first-order valence-electron chi connectivity index (χ1n) is 10.3. The van der Waals surface area contributed by atoms with Gasteiger partial charge in [-0.05, 0) is 19.4 Å². The van der Waals surface area contributed by atoms with Crippen molar-refractivity contribution in [1.29, 1.82) is 0 Å². The SMILES string of the molecule is CC[C@H]1C(=O)Nc2c(C)nc(NCc3cnn(Cc4cc(C(F)(F)F)nn4C)c3)nc2N1C.S. The Morgan fingerprint density at radius 2 is 1.97 bits per heavy atom. The zero-order valence-electron chi connectivity index (χ0n) is 19.1. The van der Waals surface area contributed by atoms with Crippen LogP contribution in [0, 0.1) is 6.92 Å². The van der Waals surface area contributed by atoms with E-state index in [0.29, 0.717) is 41.8 Å². The van der Waals surface area contributed by atoms with Gasteiger partial charge < -0.3 is 15.5 Å². The van der Waals surface area contributed by atoms with E-state index in [-0.39, 0.29) is 32.0 Å². The molecule has 4 rings (SSSR count). The number of amides is 1. The van der Waals surface area contributed by atoms with Crippen molar-refractivity contribution in [3.8, 4) is 0 Å². The number of hydrogen-bond acceptors (Lipinski definition) is 7. The molecule has 1 aliphatic rings. The van der Waals surface area contributed by atoms with Gasteiger partial charge >= 0.3 is 6.18 Å². The number of fused-ring (bicyclic) bond motifs is 1. The number of aryl methyl sites for hydroxylation is 2. The van der Waals surface area contributed by atoms with E-state index in [1.165, 1.54) is 11.7 Å². The molecule has 3 aromatic heterocycles. The Hall–Kier alpha value is -3.29. The second kappa shape index (κ2) is 9.52. The molecular weight excluding hydrogens is 471 g/mol. The van der Waals surface area contributed by atoms with E-state index in [4.69, 9.17) is 0 Å². The van der Waals surface area contributed by atoms with Gasteiger partial charge in [0.15, 0.2) is 11.5 Å². The minimum Gasteiger partial charge on any atom is -0.350 e. The number of aromatic nitrogens is 6. The number of hydrogen-bond donors (Lipinski definition) is 2. The summed E-state index contributed by atoms with van der Waals surface area (Å²) < 4.78 is 41.3. The maximum Gasteiger partial charge on any atom is 0.435 e. The zero-order valence-corrected chi connectivity index (χ0v) is 20.1. The molecule has 3 aromatic rings. The lowest BCUT2D eigenvalue weighted by atomic mass is 10.1. The van der Waals surface area contributed by atoms with E-state index in [1.807, 2.05) is 18.9 Å². The van der Waals surface area contributed by atoms with Crippen molar-refractivity contribution in [3.63, 3.8) is 0 Å². The second-order valence-corrected chi connectivity index (χ2v) is 7.90. The number of anilines is 3. The van der Waals surface area contributed by atoms with Gasteiger partial charge in [0.1, 0.15) is 11.7 Å². The van der Waals surface area contributed by atoms with E-state index in [0.717, 1.165) is 11.6 Å². The molecule has 1 atom stereocenters. The highest BCUT2D eigenvalue weighted by atomic mass is 32.1. The first kappa shape index (κ1) is 25.3. The standard InChI is InChI=1S/C20H24F3N9O.H2S/c1-5-14-18(33)27-16-11(2)26-19(28-17(16)30(14)3)24-7-12-8-25-32(9-12)10-13-6-15(20(21,22)23)29-31(13)4;/h6,8-9,14H,5,7,10H2,1-4H3,(H,27,33)(H,24,26,28);1H2/t14-;/m0./s1. The summed E-state index contributed by atoms with van der Waals surface area (Å²) in [5.41, 5.74) is 1.50. The molecule has 10 nitrogen and oxygen atoms in total. The number of likely N-dealkylation sites (N-methyl/N-ethyl adjacent to an activating group) is 1. The van der Waals surface area contributed by atoms with Gasteiger partial charge in [-0.3, -0.25) is 14.2 Å². The van der Waals surface area contributed by atoms with Crippen LogP contribution in [0.15, 0.2) is 18.5 Å². The monoisotopic (exact) mass is 497 g/mol. The molecule has 2 N–H and O–H groups in total. The average Bonchev–Trinajstić information content (AvgIpc) is 3.34. The average molecular weight is 498 g/mol. The summed E-state index contributed by atoms with van der Waals surface area (Å²) in [6.45, 7) is 4.25. The summed E-state index contributed by atoms with van der Waals surface area (Å²) in [4.78, 5) is 23.1. The van der Waals surface area contributed by atoms with Gasteiger partial charge in [0.05, 0.1) is 24.1 Å². The van der Waals surface area contributed by atoms with Crippen LogP contribution in [0.1, 0.15) is 36.0 Å². The van der Waals surface area contributed by atoms with Gasteiger partial charge in [0.25, 0.3) is 0 Å². The van der Waals surface area contributed by atoms with Crippen molar-refractivity contribution in [1.82, 2.24) is 29.5 Å². The van der Waals surface area contributed by atoms with E-state index >= 15 is 0 Å². The molecular formula is C20H26F3N9OS. The summed E-state index contributed by atoms with van der Waals surface area (Å²) >= 11 is 0. The Morgan fingerprint density at radius 3 is 2.62 bits per heavy atom. The molecule has 0 bridgehead atoms. The summed E-state index contributed by atoms with van der Waals surface area (Å²) in [5.74, 6) is 0.963. The lowest BCUT2D eigenvalue weighted by Gasteiger charge is -2.34. The molecule has 0 aliphatic carbocycles. The van der Waals surface area contributed by atoms with Crippen molar-refractivity contribution >= 4 is 36.9 Å². The van der Waals surface area contributed by atoms with Gasteiger partial charge in [-0.15, -0.1) is 0 Å². The molecule has 0 unspecified atom stereocenters. The largest absolute Gasteiger partial charge is 0.435 e. The molecule has 0 radical (unpaired) electrons. The molecule has 14 heteroatoms. The molecule has 1 amide bonds. The maximum absolute atomic E-state index is 12.9. The van der Waals surface area contributed by atoms with Crippen LogP contribution in [0.4, 0.5) is 30.6 Å². The Morgan fingerprint density at radius 1 is 1.24 bits per heavy atom. The number of alkyl halides is 3. The summed E-state index contributed by atoms with van der Waals surface area (Å²) in [5, 5.41) is 13.8. The van der Waals surface area contributed by atoms with Gasteiger partial charge in [0.2, 0.25) is 11.9 Å². The Bertz CT molecular complexity index is 1190.